The molecule has 2 aromatic rings. The summed E-state index contributed by atoms with van der Waals surface area (Å²) in [6, 6.07) is 13.8. The zero-order valence-electron chi connectivity index (χ0n) is 17.3. The van der Waals surface area contributed by atoms with E-state index in [0.29, 0.717) is 30.3 Å². The van der Waals surface area contributed by atoms with Gasteiger partial charge in [-0.1, -0.05) is 26.0 Å². The van der Waals surface area contributed by atoms with E-state index in [0.717, 1.165) is 5.56 Å². The number of carbonyl (C=O) groups excluding carboxylic acids is 1. The van der Waals surface area contributed by atoms with Gasteiger partial charge in [0.05, 0.1) is 17.1 Å². The SMILES string of the molecule is CC(C)c1cccc(NC(=O)c2ccc(S(=O)(=O)N3C[C@H](C)O[C@@H](C)C3)cc2)c1. The molecule has 2 atom stereocenters. The second-order valence-corrected chi connectivity index (χ2v) is 9.78. The summed E-state index contributed by atoms with van der Waals surface area (Å²) in [6.07, 6.45) is -0.305. The zero-order chi connectivity index (χ0) is 21.2. The number of nitrogens with zero attached hydrogens (tertiary/aromatic N) is 1. The lowest BCUT2D eigenvalue weighted by Gasteiger charge is -2.34. The highest BCUT2D eigenvalue weighted by molar-refractivity contribution is 7.89. The van der Waals surface area contributed by atoms with Gasteiger partial charge in [0, 0.05) is 24.3 Å². The molecular formula is C22H28N2O4S. The van der Waals surface area contributed by atoms with Crippen molar-refractivity contribution in [3.05, 3.63) is 59.7 Å². The van der Waals surface area contributed by atoms with Crippen LogP contribution in [0.25, 0.3) is 0 Å². The van der Waals surface area contributed by atoms with Crippen LogP contribution in [0.3, 0.4) is 0 Å². The van der Waals surface area contributed by atoms with Gasteiger partial charge in [0.2, 0.25) is 10.0 Å². The Morgan fingerprint density at radius 2 is 1.69 bits per heavy atom. The molecule has 1 heterocycles. The first-order valence-corrected chi connectivity index (χ1v) is 11.3. The zero-order valence-corrected chi connectivity index (χ0v) is 18.1. The van der Waals surface area contributed by atoms with Crippen molar-refractivity contribution < 1.29 is 17.9 Å². The van der Waals surface area contributed by atoms with Gasteiger partial charge in [-0.3, -0.25) is 4.79 Å². The maximum atomic E-state index is 12.9. The Hall–Kier alpha value is -2.22. The summed E-state index contributed by atoms with van der Waals surface area (Å²) in [5, 5.41) is 2.87. The third-order valence-electron chi connectivity index (χ3n) is 4.95. The molecule has 29 heavy (non-hydrogen) atoms. The Morgan fingerprint density at radius 3 is 2.28 bits per heavy atom. The minimum absolute atomic E-state index is 0.153. The van der Waals surface area contributed by atoms with Crippen molar-refractivity contribution in [3.63, 3.8) is 0 Å². The molecule has 0 aromatic heterocycles. The van der Waals surface area contributed by atoms with E-state index in [9.17, 15) is 13.2 Å². The van der Waals surface area contributed by atoms with Gasteiger partial charge in [0.15, 0.2) is 0 Å². The first-order chi connectivity index (χ1) is 13.7. The predicted octanol–water partition coefficient (Wildman–Crippen LogP) is 3.86. The van der Waals surface area contributed by atoms with Gasteiger partial charge in [0.1, 0.15) is 0 Å². The quantitative estimate of drug-likeness (QED) is 0.803. The first-order valence-electron chi connectivity index (χ1n) is 9.84. The molecule has 0 saturated carbocycles. The molecule has 7 heteroatoms. The molecule has 1 aliphatic heterocycles. The largest absolute Gasteiger partial charge is 0.373 e. The standard InChI is InChI=1S/C22H28N2O4S/c1-15(2)19-6-5-7-20(12-19)23-22(25)18-8-10-21(11-9-18)29(26,27)24-13-16(3)28-17(4)14-24/h5-12,15-17H,13-14H2,1-4H3,(H,23,25)/t16-,17-/m0/s1. The minimum Gasteiger partial charge on any atom is -0.373 e. The van der Waals surface area contributed by atoms with E-state index in [4.69, 9.17) is 4.74 Å². The van der Waals surface area contributed by atoms with Gasteiger partial charge in [0.25, 0.3) is 5.91 Å². The van der Waals surface area contributed by atoms with E-state index in [1.165, 1.54) is 16.4 Å². The van der Waals surface area contributed by atoms with E-state index in [-0.39, 0.29) is 23.0 Å². The lowest BCUT2D eigenvalue weighted by Crippen LogP contribution is -2.48. The van der Waals surface area contributed by atoms with Crippen molar-refractivity contribution in [2.45, 2.75) is 50.7 Å². The van der Waals surface area contributed by atoms with E-state index < -0.39 is 10.0 Å². The van der Waals surface area contributed by atoms with E-state index in [1.807, 2.05) is 38.1 Å². The number of benzene rings is 2. The summed E-state index contributed by atoms with van der Waals surface area (Å²) in [5.41, 5.74) is 2.26. The highest BCUT2D eigenvalue weighted by atomic mass is 32.2. The van der Waals surface area contributed by atoms with Gasteiger partial charge < -0.3 is 10.1 Å². The molecule has 0 aliphatic carbocycles. The highest BCUT2D eigenvalue weighted by Crippen LogP contribution is 2.22. The van der Waals surface area contributed by atoms with Crippen molar-refractivity contribution in [2.24, 2.45) is 0 Å². The molecule has 3 rings (SSSR count). The third kappa shape index (κ3) is 5.04. The Labute approximate surface area is 172 Å². The second-order valence-electron chi connectivity index (χ2n) is 7.84. The summed E-state index contributed by atoms with van der Waals surface area (Å²) >= 11 is 0. The van der Waals surface area contributed by atoms with Crippen molar-refractivity contribution >= 4 is 21.6 Å². The average Bonchev–Trinajstić information content (AvgIpc) is 2.67. The minimum atomic E-state index is -3.62. The highest BCUT2D eigenvalue weighted by Gasteiger charge is 2.32. The Morgan fingerprint density at radius 1 is 1.07 bits per heavy atom. The molecule has 0 spiro atoms. The van der Waals surface area contributed by atoms with Crippen LogP contribution in [0.15, 0.2) is 53.4 Å². The molecule has 1 amide bonds. The van der Waals surface area contributed by atoms with Gasteiger partial charge in [-0.05, 0) is 61.7 Å². The Bertz CT molecular complexity index is 961. The maximum absolute atomic E-state index is 12.9. The molecule has 156 valence electrons. The van der Waals surface area contributed by atoms with Crippen molar-refractivity contribution in [1.29, 1.82) is 0 Å². The number of rotatable bonds is 5. The van der Waals surface area contributed by atoms with Gasteiger partial charge in [-0.15, -0.1) is 0 Å². The summed E-state index contributed by atoms with van der Waals surface area (Å²) in [5.74, 6) is 0.0884. The molecule has 0 unspecified atom stereocenters. The topological polar surface area (TPSA) is 75.7 Å². The van der Waals surface area contributed by atoms with Crippen molar-refractivity contribution in [3.8, 4) is 0 Å². The Kier molecular flexibility index (Phi) is 6.41. The monoisotopic (exact) mass is 416 g/mol. The van der Waals surface area contributed by atoms with Crippen LogP contribution in [0.5, 0.6) is 0 Å². The van der Waals surface area contributed by atoms with E-state index in [1.54, 1.807) is 12.1 Å². The lowest BCUT2D eigenvalue weighted by molar-refractivity contribution is -0.0440. The van der Waals surface area contributed by atoms with Crippen LogP contribution in [0.4, 0.5) is 5.69 Å². The van der Waals surface area contributed by atoms with Gasteiger partial charge in [-0.25, -0.2) is 8.42 Å². The number of hydrogen-bond acceptors (Lipinski definition) is 4. The molecule has 1 fully saturated rings. The fourth-order valence-electron chi connectivity index (χ4n) is 3.43. The normalized spacial score (nSPS) is 20.6. The summed E-state index contributed by atoms with van der Waals surface area (Å²) in [6.45, 7) is 8.55. The molecular weight excluding hydrogens is 388 g/mol. The number of ether oxygens (including phenoxy) is 1. The van der Waals surface area contributed by atoms with Crippen LogP contribution in [0, 0.1) is 0 Å². The first kappa shape index (κ1) is 21.5. The number of anilines is 1. The third-order valence-corrected chi connectivity index (χ3v) is 6.80. The average molecular weight is 417 g/mol. The molecule has 2 aromatic carbocycles. The second kappa shape index (κ2) is 8.65. The fourth-order valence-corrected chi connectivity index (χ4v) is 5.02. The number of sulfonamides is 1. The molecule has 6 nitrogen and oxygen atoms in total. The van der Waals surface area contributed by atoms with Crippen LogP contribution in [-0.4, -0.2) is 43.9 Å². The molecule has 1 N–H and O–H groups in total. The molecule has 0 radical (unpaired) electrons. The number of nitrogens with one attached hydrogen (secondary N) is 1. The number of amides is 1. The van der Waals surface area contributed by atoms with E-state index in [2.05, 4.69) is 19.2 Å². The van der Waals surface area contributed by atoms with Crippen LogP contribution in [0.1, 0.15) is 49.5 Å². The van der Waals surface area contributed by atoms with Crippen molar-refractivity contribution in [1.82, 2.24) is 4.31 Å². The molecule has 0 bridgehead atoms. The van der Waals surface area contributed by atoms with E-state index >= 15 is 0 Å². The number of carbonyl (C=O) groups is 1. The summed E-state index contributed by atoms with van der Waals surface area (Å²) in [4.78, 5) is 12.7. The van der Waals surface area contributed by atoms with Gasteiger partial charge >= 0.3 is 0 Å². The van der Waals surface area contributed by atoms with Crippen LogP contribution < -0.4 is 5.32 Å². The van der Waals surface area contributed by atoms with Crippen LogP contribution in [0.2, 0.25) is 0 Å². The predicted molar refractivity (Wildman–Crippen MR) is 114 cm³/mol. The fraction of sp³-hybridized carbons (Fsp3) is 0.409. The van der Waals surface area contributed by atoms with Crippen LogP contribution >= 0.6 is 0 Å². The Balaban J connectivity index is 1.74. The molecule has 1 saturated heterocycles. The molecule has 1 aliphatic rings. The summed E-state index contributed by atoms with van der Waals surface area (Å²) in [7, 11) is -3.62. The van der Waals surface area contributed by atoms with Crippen molar-refractivity contribution in [2.75, 3.05) is 18.4 Å². The number of hydrogen-bond donors (Lipinski definition) is 1. The smallest absolute Gasteiger partial charge is 0.255 e. The van der Waals surface area contributed by atoms with Crippen LogP contribution in [-0.2, 0) is 14.8 Å². The summed E-state index contributed by atoms with van der Waals surface area (Å²) < 4.78 is 32.9. The number of morpholine rings is 1. The van der Waals surface area contributed by atoms with Gasteiger partial charge in [-0.2, -0.15) is 4.31 Å². The maximum Gasteiger partial charge on any atom is 0.255 e. The lowest BCUT2D eigenvalue weighted by atomic mass is 10.0.